The summed E-state index contributed by atoms with van der Waals surface area (Å²) in [6, 6.07) is 1.87. The molecule has 0 aliphatic rings. The second-order valence-electron chi connectivity index (χ2n) is 4.51. The lowest BCUT2D eigenvalue weighted by Crippen LogP contribution is -2.27. The third-order valence-corrected chi connectivity index (χ3v) is 3.43. The van der Waals surface area contributed by atoms with Gasteiger partial charge in [0.05, 0.1) is 23.0 Å². The number of halogens is 1. The molecule has 1 amide bonds. The molecular weight excluding hydrogens is 266 g/mol. The van der Waals surface area contributed by atoms with Gasteiger partial charge in [0.2, 0.25) is 0 Å². The van der Waals surface area contributed by atoms with E-state index < -0.39 is 0 Å². The molecule has 2 rings (SSSR count). The summed E-state index contributed by atoms with van der Waals surface area (Å²) in [5.41, 5.74) is 1.87. The fraction of sp³-hybridized carbons (Fsp3) is 0.417. The predicted molar refractivity (Wildman–Crippen MR) is 72.0 cm³/mol. The highest BCUT2D eigenvalue weighted by Gasteiger charge is 2.21. The maximum Gasteiger partial charge on any atom is 0.276 e. The van der Waals surface area contributed by atoms with Gasteiger partial charge in [-0.1, -0.05) is 11.6 Å². The number of rotatable bonds is 3. The molecule has 0 N–H and O–H groups in total. The quantitative estimate of drug-likeness (QED) is 0.854. The normalized spacial score (nSPS) is 10.8. The van der Waals surface area contributed by atoms with Crippen LogP contribution < -0.4 is 0 Å². The van der Waals surface area contributed by atoms with Crippen LogP contribution in [0.25, 0.3) is 0 Å². The second-order valence-corrected chi connectivity index (χ2v) is 4.89. The van der Waals surface area contributed by atoms with Gasteiger partial charge in [0.25, 0.3) is 5.91 Å². The largest absolute Gasteiger partial charge is 0.334 e. The number of carbonyl (C=O) groups is 1. The van der Waals surface area contributed by atoms with Crippen molar-refractivity contribution in [1.29, 1.82) is 0 Å². The van der Waals surface area contributed by atoms with E-state index in [1.165, 1.54) is 0 Å². The minimum Gasteiger partial charge on any atom is -0.334 e. The first-order chi connectivity index (χ1) is 8.90. The monoisotopic (exact) mass is 281 g/mol. The molecule has 2 aromatic heterocycles. The fourth-order valence-corrected chi connectivity index (χ4v) is 2.00. The van der Waals surface area contributed by atoms with E-state index in [0.717, 1.165) is 11.4 Å². The summed E-state index contributed by atoms with van der Waals surface area (Å²) >= 11 is 6.11. The smallest absolute Gasteiger partial charge is 0.276 e. The zero-order valence-corrected chi connectivity index (χ0v) is 12.1. The molecule has 2 heterocycles. The molecule has 0 saturated heterocycles. The predicted octanol–water partition coefficient (Wildman–Crippen LogP) is 1.39. The molecule has 0 aliphatic carbocycles. The Balaban J connectivity index is 2.17. The zero-order chi connectivity index (χ0) is 14.2. The molecule has 19 heavy (non-hydrogen) atoms. The van der Waals surface area contributed by atoms with Crippen LogP contribution in [0.15, 0.2) is 12.3 Å². The van der Waals surface area contributed by atoms with Crippen molar-refractivity contribution in [1.82, 2.24) is 24.5 Å². The molecule has 102 valence electrons. The van der Waals surface area contributed by atoms with E-state index in [1.54, 1.807) is 28.4 Å². The summed E-state index contributed by atoms with van der Waals surface area (Å²) in [5, 5.41) is 8.78. The highest BCUT2D eigenvalue weighted by atomic mass is 35.5. The highest BCUT2D eigenvalue weighted by molar-refractivity contribution is 6.34. The zero-order valence-electron chi connectivity index (χ0n) is 11.4. The van der Waals surface area contributed by atoms with E-state index in [4.69, 9.17) is 11.6 Å². The molecule has 0 spiro atoms. The number of hydrogen-bond donors (Lipinski definition) is 0. The van der Waals surface area contributed by atoms with Crippen molar-refractivity contribution >= 4 is 17.5 Å². The molecule has 0 aromatic carbocycles. The Hall–Kier alpha value is -1.82. The average molecular weight is 282 g/mol. The van der Waals surface area contributed by atoms with Crippen LogP contribution in [0.4, 0.5) is 0 Å². The Labute approximate surface area is 116 Å². The van der Waals surface area contributed by atoms with E-state index in [2.05, 4.69) is 10.2 Å². The van der Waals surface area contributed by atoms with Gasteiger partial charge in [-0.25, -0.2) is 0 Å². The number of aryl methyl sites for hydroxylation is 2. The lowest BCUT2D eigenvalue weighted by atomic mass is 10.3. The molecule has 6 nitrogen and oxygen atoms in total. The summed E-state index contributed by atoms with van der Waals surface area (Å²) in [7, 11) is 5.30. The first-order valence-electron chi connectivity index (χ1n) is 5.83. The van der Waals surface area contributed by atoms with Crippen molar-refractivity contribution in [3.05, 3.63) is 34.4 Å². The topological polar surface area (TPSA) is 56.0 Å². The van der Waals surface area contributed by atoms with Crippen molar-refractivity contribution in [3.63, 3.8) is 0 Å². The van der Waals surface area contributed by atoms with Crippen molar-refractivity contribution in [2.24, 2.45) is 14.1 Å². The summed E-state index contributed by atoms with van der Waals surface area (Å²) in [5.74, 6) is -0.209. The van der Waals surface area contributed by atoms with Crippen LogP contribution in [-0.2, 0) is 20.6 Å². The van der Waals surface area contributed by atoms with Gasteiger partial charge in [-0.05, 0) is 13.0 Å². The van der Waals surface area contributed by atoms with Crippen LogP contribution >= 0.6 is 11.6 Å². The van der Waals surface area contributed by atoms with Crippen molar-refractivity contribution in [3.8, 4) is 0 Å². The number of hydrogen-bond acceptors (Lipinski definition) is 3. The van der Waals surface area contributed by atoms with Crippen molar-refractivity contribution < 1.29 is 4.79 Å². The second kappa shape index (κ2) is 5.05. The fourth-order valence-electron chi connectivity index (χ4n) is 1.76. The van der Waals surface area contributed by atoms with E-state index in [9.17, 15) is 4.79 Å². The lowest BCUT2D eigenvalue weighted by molar-refractivity contribution is 0.0776. The standard InChI is InChI=1S/C12H16ClN5O/c1-8-10(13)11(15-18(8)4)12(19)16(2)7-9-5-6-17(3)14-9/h5-6H,7H2,1-4H3. The van der Waals surface area contributed by atoms with Crippen LogP contribution in [0, 0.1) is 6.92 Å². The number of amides is 1. The number of nitrogens with zero attached hydrogens (tertiary/aromatic N) is 5. The molecule has 0 unspecified atom stereocenters. The van der Waals surface area contributed by atoms with Gasteiger partial charge in [-0.3, -0.25) is 14.2 Å². The van der Waals surface area contributed by atoms with E-state index in [1.807, 2.05) is 26.2 Å². The van der Waals surface area contributed by atoms with Crippen LogP contribution in [0.5, 0.6) is 0 Å². The van der Waals surface area contributed by atoms with Gasteiger partial charge in [0, 0.05) is 27.3 Å². The molecule has 0 fully saturated rings. The Bertz CT molecular complexity index is 616. The van der Waals surface area contributed by atoms with Gasteiger partial charge in [0.1, 0.15) is 0 Å². The first kappa shape index (κ1) is 13.6. The van der Waals surface area contributed by atoms with Gasteiger partial charge < -0.3 is 4.90 Å². The van der Waals surface area contributed by atoms with Crippen LogP contribution in [0.1, 0.15) is 21.9 Å². The lowest BCUT2D eigenvalue weighted by Gasteiger charge is -2.14. The van der Waals surface area contributed by atoms with Gasteiger partial charge in [-0.15, -0.1) is 0 Å². The molecule has 7 heteroatoms. The van der Waals surface area contributed by atoms with Gasteiger partial charge >= 0.3 is 0 Å². The molecule has 0 atom stereocenters. The molecule has 0 bridgehead atoms. The van der Waals surface area contributed by atoms with E-state index >= 15 is 0 Å². The summed E-state index contributed by atoms with van der Waals surface area (Å²) in [6.07, 6.45) is 1.84. The Morgan fingerprint density at radius 3 is 2.58 bits per heavy atom. The van der Waals surface area contributed by atoms with Gasteiger partial charge in [-0.2, -0.15) is 10.2 Å². The van der Waals surface area contributed by atoms with E-state index in [0.29, 0.717) is 11.6 Å². The molecular formula is C12H16ClN5O. The average Bonchev–Trinajstić information content (AvgIpc) is 2.87. The highest BCUT2D eigenvalue weighted by Crippen LogP contribution is 2.20. The Morgan fingerprint density at radius 1 is 1.42 bits per heavy atom. The molecule has 2 aromatic rings. The minimum atomic E-state index is -0.209. The third kappa shape index (κ3) is 2.63. The molecule has 0 aliphatic heterocycles. The minimum absolute atomic E-state index is 0.209. The van der Waals surface area contributed by atoms with E-state index in [-0.39, 0.29) is 11.6 Å². The molecule has 0 radical (unpaired) electrons. The van der Waals surface area contributed by atoms with Gasteiger partial charge in [0.15, 0.2) is 5.69 Å². The first-order valence-corrected chi connectivity index (χ1v) is 6.21. The van der Waals surface area contributed by atoms with Crippen LogP contribution in [0.3, 0.4) is 0 Å². The Morgan fingerprint density at radius 2 is 2.11 bits per heavy atom. The third-order valence-electron chi connectivity index (χ3n) is 2.98. The van der Waals surface area contributed by atoms with Crippen LogP contribution in [0.2, 0.25) is 5.02 Å². The number of carbonyl (C=O) groups excluding carboxylic acids is 1. The maximum atomic E-state index is 12.3. The Kier molecular flexibility index (Phi) is 3.61. The molecule has 0 saturated carbocycles. The summed E-state index contributed by atoms with van der Waals surface area (Å²) in [4.78, 5) is 13.8. The van der Waals surface area contributed by atoms with Crippen molar-refractivity contribution in [2.45, 2.75) is 13.5 Å². The maximum absolute atomic E-state index is 12.3. The summed E-state index contributed by atoms with van der Waals surface area (Å²) in [6.45, 7) is 2.25. The van der Waals surface area contributed by atoms with Crippen molar-refractivity contribution in [2.75, 3.05) is 7.05 Å². The number of aromatic nitrogens is 4. The summed E-state index contributed by atoms with van der Waals surface area (Å²) < 4.78 is 3.30. The van der Waals surface area contributed by atoms with Crippen LogP contribution in [-0.4, -0.2) is 37.4 Å². The SMILES string of the molecule is Cc1c(Cl)c(C(=O)N(C)Cc2ccn(C)n2)nn1C.